The van der Waals surface area contributed by atoms with Gasteiger partial charge in [0.25, 0.3) is 10.0 Å². The van der Waals surface area contributed by atoms with Crippen LogP contribution >= 0.6 is 0 Å². The molecule has 0 atom stereocenters. The zero-order chi connectivity index (χ0) is 25.7. The van der Waals surface area contributed by atoms with Gasteiger partial charge in [0.05, 0.1) is 12.0 Å². The van der Waals surface area contributed by atoms with Crippen LogP contribution in [0, 0.1) is 13.8 Å². The fourth-order valence-corrected chi connectivity index (χ4v) is 4.52. The van der Waals surface area contributed by atoms with Crippen LogP contribution in [0.2, 0.25) is 0 Å². The highest BCUT2D eigenvalue weighted by molar-refractivity contribution is 7.92. The molecule has 0 radical (unpaired) electrons. The number of aromatic nitrogens is 1. The molecule has 34 heavy (non-hydrogen) atoms. The normalized spacial score (nSPS) is 14.5. The van der Waals surface area contributed by atoms with Crippen LogP contribution in [0.25, 0.3) is 0 Å². The lowest BCUT2D eigenvalue weighted by Crippen LogP contribution is -2.36. The summed E-state index contributed by atoms with van der Waals surface area (Å²) in [7, 11) is -2.21. The first kappa shape index (κ1) is 27.1. The van der Waals surface area contributed by atoms with Crippen molar-refractivity contribution in [2.45, 2.75) is 43.2 Å². The molecule has 1 aliphatic rings. The molecule has 10 nitrogen and oxygen atoms in total. The molecule has 0 spiro atoms. The number of amides is 1. The van der Waals surface area contributed by atoms with Crippen molar-refractivity contribution >= 4 is 27.6 Å². The summed E-state index contributed by atoms with van der Waals surface area (Å²) in [6, 6.07) is 6.89. The number of anilines is 1. The Morgan fingerprint density at radius 2 is 1.76 bits per heavy atom. The third-order valence-corrected chi connectivity index (χ3v) is 6.57. The van der Waals surface area contributed by atoms with Gasteiger partial charge in [-0.3, -0.25) is 9.52 Å². The van der Waals surface area contributed by atoms with Crippen LogP contribution in [0.1, 0.15) is 29.9 Å². The Labute approximate surface area is 193 Å². The summed E-state index contributed by atoms with van der Waals surface area (Å²) in [6.45, 7) is 4.06. The molecule has 1 heterocycles. The van der Waals surface area contributed by atoms with Crippen LogP contribution in [0.5, 0.6) is 0 Å². The van der Waals surface area contributed by atoms with E-state index >= 15 is 0 Å². The number of nitrogens with zero attached hydrogens (tertiary/aromatic N) is 1. The fourth-order valence-electron chi connectivity index (χ4n) is 3.13. The van der Waals surface area contributed by atoms with E-state index in [0.717, 1.165) is 18.4 Å². The number of carboxylic acid groups (broad SMARTS) is 1. The van der Waals surface area contributed by atoms with Crippen LogP contribution in [0.4, 0.5) is 18.9 Å². The third kappa shape index (κ3) is 6.47. The van der Waals surface area contributed by atoms with Crippen molar-refractivity contribution in [2.24, 2.45) is 0 Å². The van der Waals surface area contributed by atoms with Crippen molar-refractivity contribution in [2.75, 3.05) is 25.0 Å². The number of carbonyl (C=O) groups excluding carboxylic acids is 1. The van der Waals surface area contributed by atoms with Gasteiger partial charge in [-0.05, 0) is 44.4 Å². The smallest absolute Gasteiger partial charge is 0.475 e. The summed E-state index contributed by atoms with van der Waals surface area (Å²) in [4.78, 5) is 21.4. The molecule has 0 bridgehead atoms. The second-order valence-electron chi connectivity index (χ2n) is 7.47. The Hall–Kier alpha value is -3.13. The first-order valence-electron chi connectivity index (χ1n) is 9.88. The first-order chi connectivity index (χ1) is 15.7. The van der Waals surface area contributed by atoms with Crippen molar-refractivity contribution in [1.29, 1.82) is 0 Å². The molecule has 1 fully saturated rings. The number of aliphatic carboxylic acids is 1. The molecule has 3 rings (SSSR count). The second kappa shape index (κ2) is 10.4. The molecule has 1 amide bonds. The Morgan fingerprint density at radius 1 is 1.21 bits per heavy atom. The van der Waals surface area contributed by atoms with Crippen molar-refractivity contribution in [3.05, 3.63) is 41.3 Å². The van der Waals surface area contributed by atoms with Crippen molar-refractivity contribution in [3.63, 3.8) is 0 Å². The molecular weight excluding hydrogens is 483 g/mol. The number of sulfonamides is 1. The highest BCUT2D eigenvalue weighted by atomic mass is 32.2. The van der Waals surface area contributed by atoms with Gasteiger partial charge < -0.3 is 19.7 Å². The van der Waals surface area contributed by atoms with Gasteiger partial charge >= 0.3 is 12.1 Å². The van der Waals surface area contributed by atoms with E-state index in [2.05, 4.69) is 15.2 Å². The van der Waals surface area contributed by atoms with Crippen LogP contribution in [-0.2, 0) is 29.8 Å². The van der Waals surface area contributed by atoms with E-state index < -0.39 is 27.6 Å². The number of carboxylic acids is 1. The number of methoxy groups -OCH3 is 1. The van der Waals surface area contributed by atoms with Gasteiger partial charge in [0.15, 0.2) is 10.7 Å². The Kier molecular flexibility index (Phi) is 8.31. The third-order valence-electron chi connectivity index (χ3n) is 4.95. The SMILES string of the molecule is COCCNC(=O)C1(c2ccc(NS(=O)(=O)c3c(C)noc3C)cc2)CC1.O=C(O)C(F)(F)F. The standard InChI is InChI=1S/C18H23N3O5S.C2HF3O2/c1-12-16(13(2)26-20-12)27(23,24)21-15-6-4-14(5-7-15)18(8-9-18)17(22)19-10-11-25-3;3-2(4,5)1(6)7/h4-7,21H,8-11H2,1-3H3,(H,19,22);(H,6,7). The zero-order valence-electron chi connectivity index (χ0n) is 18.5. The minimum absolute atomic E-state index is 0.0244. The van der Waals surface area contributed by atoms with E-state index in [0.29, 0.717) is 24.5 Å². The predicted molar refractivity (Wildman–Crippen MR) is 113 cm³/mol. The molecule has 0 unspecified atom stereocenters. The number of aryl methyl sites for hydroxylation is 2. The number of halogens is 3. The molecule has 14 heteroatoms. The van der Waals surface area contributed by atoms with Crippen molar-refractivity contribution in [3.8, 4) is 0 Å². The number of carbonyl (C=O) groups is 2. The summed E-state index contributed by atoms with van der Waals surface area (Å²) >= 11 is 0. The van der Waals surface area contributed by atoms with Crippen molar-refractivity contribution < 1.29 is 45.5 Å². The van der Waals surface area contributed by atoms with E-state index in [4.69, 9.17) is 19.2 Å². The summed E-state index contributed by atoms with van der Waals surface area (Å²) in [5, 5.41) is 13.7. The van der Waals surface area contributed by atoms with Crippen LogP contribution in [0.3, 0.4) is 0 Å². The number of alkyl halides is 3. The summed E-state index contributed by atoms with van der Waals surface area (Å²) in [5.41, 5.74) is 1.07. The minimum atomic E-state index is -5.08. The van der Waals surface area contributed by atoms with E-state index in [-0.39, 0.29) is 16.6 Å². The second-order valence-corrected chi connectivity index (χ2v) is 9.09. The number of rotatable bonds is 8. The lowest BCUT2D eigenvalue weighted by Gasteiger charge is -2.16. The first-order valence-corrected chi connectivity index (χ1v) is 11.4. The molecule has 1 saturated carbocycles. The van der Waals surface area contributed by atoms with Crippen LogP contribution in [-0.4, -0.2) is 57.0 Å². The van der Waals surface area contributed by atoms with E-state index in [9.17, 15) is 26.4 Å². The quantitative estimate of drug-likeness (QED) is 0.462. The monoisotopic (exact) mass is 507 g/mol. The number of hydrogen-bond acceptors (Lipinski definition) is 7. The number of hydrogen-bond donors (Lipinski definition) is 3. The van der Waals surface area contributed by atoms with Gasteiger partial charge in [-0.2, -0.15) is 13.2 Å². The molecular formula is C20H24F3N3O7S. The van der Waals surface area contributed by atoms with Gasteiger partial charge in [-0.1, -0.05) is 17.3 Å². The topological polar surface area (TPSA) is 148 Å². The maximum atomic E-state index is 12.6. The highest BCUT2D eigenvalue weighted by Gasteiger charge is 2.51. The van der Waals surface area contributed by atoms with Crippen LogP contribution < -0.4 is 10.0 Å². The van der Waals surface area contributed by atoms with E-state index in [1.165, 1.54) is 0 Å². The maximum Gasteiger partial charge on any atom is 0.490 e. The lowest BCUT2D eigenvalue weighted by atomic mass is 9.95. The van der Waals surface area contributed by atoms with Gasteiger partial charge in [-0.15, -0.1) is 0 Å². The summed E-state index contributed by atoms with van der Waals surface area (Å²) in [6.07, 6.45) is -3.54. The molecule has 0 saturated heterocycles. The van der Waals surface area contributed by atoms with Gasteiger partial charge in [0, 0.05) is 19.3 Å². The van der Waals surface area contributed by atoms with Crippen molar-refractivity contribution in [1.82, 2.24) is 10.5 Å². The van der Waals surface area contributed by atoms with Gasteiger partial charge in [0.1, 0.15) is 5.69 Å². The zero-order valence-corrected chi connectivity index (χ0v) is 19.3. The lowest BCUT2D eigenvalue weighted by molar-refractivity contribution is -0.192. The molecule has 0 aliphatic heterocycles. The molecule has 1 aromatic heterocycles. The van der Waals surface area contributed by atoms with Gasteiger partial charge in [-0.25, -0.2) is 13.2 Å². The predicted octanol–water partition coefficient (Wildman–Crippen LogP) is 2.52. The van der Waals surface area contributed by atoms with Gasteiger partial charge in [0.2, 0.25) is 5.91 Å². The fraction of sp³-hybridized carbons (Fsp3) is 0.450. The molecule has 2 aromatic rings. The summed E-state index contributed by atoms with van der Waals surface area (Å²) in [5.74, 6) is -2.54. The number of nitrogens with one attached hydrogen (secondary N) is 2. The number of benzene rings is 1. The maximum absolute atomic E-state index is 12.6. The van der Waals surface area contributed by atoms with E-state index in [1.807, 2.05) is 0 Å². The van der Waals surface area contributed by atoms with E-state index in [1.54, 1.807) is 45.2 Å². The van der Waals surface area contributed by atoms with Crippen LogP contribution in [0.15, 0.2) is 33.7 Å². The Bertz CT molecular complexity index is 1110. The Morgan fingerprint density at radius 3 is 2.18 bits per heavy atom. The Balaban J connectivity index is 0.000000509. The summed E-state index contributed by atoms with van der Waals surface area (Å²) < 4.78 is 69.3. The molecule has 188 valence electrons. The molecule has 1 aliphatic carbocycles. The molecule has 3 N–H and O–H groups in total. The largest absolute Gasteiger partial charge is 0.490 e. The average Bonchev–Trinajstić information content (AvgIpc) is 3.47. The minimum Gasteiger partial charge on any atom is -0.475 e. The number of ether oxygens (including phenoxy) is 1. The average molecular weight is 507 g/mol. The highest BCUT2D eigenvalue weighted by Crippen LogP contribution is 2.48. The molecule has 1 aromatic carbocycles.